The second-order valence-electron chi connectivity index (χ2n) is 3.96. The number of hydrogen-bond acceptors (Lipinski definition) is 9. The maximum Gasteiger partial charge on any atom is 0.111 e. The van der Waals surface area contributed by atoms with Crippen LogP contribution in [-0.4, -0.2) is 102 Å². The van der Waals surface area contributed by atoms with E-state index in [9.17, 15) is 0 Å². The fourth-order valence-electron chi connectivity index (χ4n) is 1.27. The van der Waals surface area contributed by atoms with Crippen molar-refractivity contribution in [2.24, 2.45) is 0 Å². The number of aliphatic hydroxyl groups is 9. The Balaban J connectivity index is 0.000000411. The quantitative estimate of drug-likeness (QED) is 0.237. The molecule has 0 saturated heterocycles. The molecule has 9 heteroatoms. The topological polar surface area (TPSA) is 182 Å². The first kappa shape index (κ1) is 17.6. The SMILES string of the molecule is OCC(O)CO.O[C@H]1[C@H](O)[C@@H](O)[C@H](O)[C@@H](O)[C@H]1O. The van der Waals surface area contributed by atoms with Gasteiger partial charge in [0.2, 0.25) is 0 Å². The third-order valence-corrected chi connectivity index (χ3v) is 2.52. The average Bonchev–Trinajstić information content (AvgIpc) is 2.40. The molecule has 0 aromatic carbocycles. The van der Waals surface area contributed by atoms with Gasteiger partial charge in [0.05, 0.1) is 13.2 Å². The molecule has 1 rings (SSSR count). The van der Waals surface area contributed by atoms with Crippen LogP contribution in [0.1, 0.15) is 0 Å². The second kappa shape index (κ2) is 7.94. The van der Waals surface area contributed by atoms with Crippen molar-refractivity contribution in [2.75, 3.05) is 13.2 Å². The molecular formula is C9H20O9. The molecule has 9 N–H and O–H groups in total. The summed E-state index contributed by atoms with van der Waals surface area (Å²) in [7, 11) is 0. The van der Waals surface area contributed by atoms with Crippen LogP contribution in [-0.2, 0) is 0 Å². The Morgan fingerprint density at radius 1 is 0.556 bits per heavy atom. The Morgan fingerprint density at radius 2 is 0.722 bits per heavy atom. The Labute approximate surface area is 103 Å². The molecule has 1 saturated carbocycles. The van der Waals surface area contributed by atoms with E-state index in [4.69, 9.17) is 46.0 Å². The van der Waals surface area contributed by atoms with Crippen molar-refractivity contribution >= 4 is 0 Å². The first-order chi connectivity index (χ1) is 8.27. The normalized spacial score (nSPS) is 40.3. The van der Waals surface area contributed by atoms with Gasteiger partial charge in [-0.15, -0.1) is 0 Å². The maximum atomic E-state index is 8.97. The number of aliphatic hydroxyl groups excluding tert-OH is 9. The van der Waals surface area contributed by atoms with Crippen molar-refractivity contribution < 1.29 is 46.0 Å². The van der Waals surface area contributed by atoms with Crippen LogP contribution in [0.4, 0.5) is 0 Å². The summed E-state index contributed by atoms with van der Waals surface area (Å²) in [6, 6.07) is 0. The second-order valence-corrected chi connectivity index (χ2v) is 3.96. The molecule has 1 aliphatic rings. The van der Waals surface area contributed by atoms with Gasteiger partial charge in [-0.05, 0) is 0 Å². The summed E-state index contributed by atoms with van der Waals surface area (Å²) in [6.07, 6.45) is -10.8. The highest BCUT2D eigenvalue weighted by Crippen LogP contribution is 2.20. The van der Waals surface area contributed by atoms with E-state index in [0.717, 1.165) is 0 Å². The van der Waals surface area contributed by atoms with Gasteiger partial charge >= 0.3 is 0 Å². The van der Waals surface area contributed by atoms with Crippen LogP contribution in [0.25, 0.3) is 0 Å². The van der Waals surface area contributed by atoms with Gasteiger partial charge in [-0.25, -0.2) is 0 Å². The lowest BCUT2D eigenvalue weighted by Gasteiger charge is -2.39. The van der Waals surface area contributed by atoms with Gasteiger partial charge in [-0.2, -0.15) is 0 Å². The van der Waals surface area contributed by atoms with Gasteiger partial charge in [0.15, 0.2) is 0 Å². The van der Waals surface area contributed by atoms with E-state index in [1.165, 1.54) is 0 Å². The fraction of sp³-hybridized carbons (Fsp3) is 1.00. The van der Waals surface area contributed by atoms with Crippen LogP contribution in [0.5, 0.6) is 0 Å². The molecule has 0 aromatic rings. The van der Waals surface area contributed by atoms with Crippen LogP contribution in [0.2, 0.25) is 0 Å². The molecule has 9 nitrogen and oxygen atoms in total. The first-order valence-electron chi connectivity index (χ1n) is 5.26. The van der Waals surface area contributed by atoms with Crippen LogP contribution in [0.3, 0.4) is 0 Å². The van der Waals surface area contributed by atoms with Crippen LogP contribution >= 0.6 is 0 Å². The van der Waals surface area contributed by atoms with Gasteiger partial charge < -0.3 is 46.0 Å². The van der Waals surface area contributed by atoms with Gasteiger partial charge in [-0.3, -0.25) is 0 Å². The van der Waals surface area contributed by atoms with Crippen molar-refractivity contribution in [2.45, 2.75) is 42.7 Å². The molecule has 0 spiro atoms. The minimum atomic E-state index is -1.64. The molecule has 110 valence electrons. The smallest absolute Gasteiger partial charge is 0.111 e. The van der Waals surface area contributed by atoms with Gasteiger partial charge in [0, 0.05) is 0 Å². The minimum Gasteiger partial charge on any atom is -0.394 e. The standard InChI is InChI=1S/C6H12O6.C3H8O3/c7-1-2(8)4(10)6(12)5(11)3(1)9;4-1-3(6)2-5/h1-12H;3-6H,1-2H2/t1-,2-,3-,4+,5-,6-;. The lowest BCUT2D eigenvalue weighted by atomic mass is 9.85. The van der Waals surface area contributed by atoms with Crippen molar-refractivity contribution in [3.8, 4) is 0 Å². The van der Waals surface area contributed by atoms with Crippen molar-refractivity contribution in [3.05, 3.63) is 0 Å². The van der Waals surface area contributed by atoms with E-state index in [-0.39, 0.29) is 13.2 Å². The molecule has 0 radical (unpaired) electrons. The summed E-state index contributed by atoms with van der Waals surface area (Å²) in [5, 5.41) is 77.9. The molecular weight excluding hydrogens is 252 g/mol. The van der Waals surface area contributed by atoms with Gasteiger partial charge in [0.1, 0.15) is 42.7 Å². The number of hydrogen-bond donors (Lipinski definition) is 9. The van der Waals surface area contributed by atoms with Crippen molar-refractivity contribution in [1.82, 2.24) is 0 Å². The monoisotopic (exact) mass is 272 g/mol. The van der Waals surface area contributed by atoms with E-state index < -0.39 is 42.7 Å². The molecule has 0 atom stereocenters. The molecule has 0 aromatic heterocycles. The molecule has 0 bridgehead atoms. The van der Waals surface area contributed by atoms with E-state index in [2.05, 4.69) is 0 Å². The zero-order valence-corrected chi connectivity index (χ0v) is 9.48. The highest BCUT2D eigenvalue weighted by atomic mass is 16.4. The third-order valence-electron chi connectivity index (χ3n) is 2.52. The zero-order valence-electron chi connectivity index (χ0n) is 9.48. The van der Waals surface area contributed by atoms with Crippen LogP contribution < -0.4 is 0 Å². The minimum absolute atomic E-state index is 0.365. The highest BCUT2D eigenvalue weighted by Gasteiger charge is 2.47. The van der Waals surface area contributed by atoms with Crippen molar-refractivity contribution in [3.63, 3.8) is 0 Å². The molecule has 1 fully saturated rings. The van der Waals surface area contributed by atoms with E-state index in [0.29, 0.717) is 0 Å². The van der Waals surface area contributed by atoms with E-state index >= 15 is 0 Å². The van der Waals surface area contributed by atoms with Gasteiger partial charge in [0.25, 0.3) is 0 Å². The summed E-state index contributed by atoms with van der Waals surface area (Å²) in [4.78, 5) is 0. The summed E-state index contributed by atoms with van der Waals surface area (Å²) < 4.78 is 0. The fourth-order valence-corrected chi connectivity index (χ4v) is 1.27. The summed E-state index contributed by atoms with van der Waals surface area (Å²) in [5.41, 5.74) is 0. The Hall–Kier alpha value is -0.360. The molecule has 1 aliphatic carbocycles. The summed E-state index contributed by atoms with van der Waals surface area (Å²) in [5.74, 6) is 0. The molecule has 0 amide bonds. The first-order valence-corrected chi connectivity index (χ1v) is 5.26. The number of rotatable bonds is 2. The molecule has 18 heavy (non-hydrogen) atoms. The lowest BCUT2D eigenvalue weighted by molar-refractivity contribution is -0.223. The highest BCUT2D eigenvalue weighted by molar-refractivity contribution is 4.98. The summed E-state index contributed by atoms with van der Waals surface area (Å²) in [6.45, 7) is -0.729. The predicted molar refractivity (Wildman–Crippen MR) is 56.2 cm³/mol. The maximum absolute atomic E-state index is 8.97. The molecule has 0 unspecified atom stereocenters. The Morgan fingerprint density at radius 3 is 0.778 bits per heavy atom. The third kappa shape index (κ3) is 4.39. The average molecular weight is 272 g/mol. The zero-order chi connectivity index (χ0) is 14.5. The molecule has 0 aliphatic heterocycles. The van der Waals surface area contributed by atoms with Gasteiger partial charge in [-0.1, -0.05) is 0 Å². The molecule has 0 heterocycles. The van der Waals surface area contributed by atoms with Crippen LogP contribution in [0.15, 0.2) is 0 Å². The van der Waals surface area contributed by atoms with E-state index in [1.807, 2.05) is 0 Å². The lowest BCUT2D eigenvalue weighted by Crippen LogP contribution is -2.63. The Bertz CT molecular complexity index is 164. The Kier molecular flexibility index (Phi) is 7.78. The largest absolute Gasteiger partial charge is 0.394 e. The predicted octanol–water partition coefficient (Wildman–Crippen LogP) is -5.50. The van der Waals surface area contributed by atoms with Crippen molar-refractivity contribution in [1.29, 1.82) is 0 Å². The van der Waals surface area contributed by atoms with Crippen LogP contribution in [0, 0.1) is 0 Å². The van der Waals surface area contributed by atoms with E-state index in [1.54, 1.807) is 0 Å². The summed E-state index contributed by atoms with van der Waals surface area (Å²) >= 11 is 0.